The van der Waals surface area contributed by atoms with Crippen molar-refractivity contribution in [2.75, 3.05) is 42.9 Å². The predicted octanol–water partition coefficient (Wildman–Crippen LogP) is 5.08. The zero-order valence-electron chi connectivity index (χ0n) is 18.8. The lowest BCUT2D eigenvalue weighted by atomic mass is 10.2. The number of benzene rings is 2. The molecule has 1 aliphatic heterocycles. The molecule has 2 aromatic carbocycles. The number of fused-ring (bicyclic) bond motifs is 1. The lowest BCUT2D eigenvalue weighted by molar-refractivity contribution is 0.271. The minimum Gasteiger partial charge on any atom is -0.436 e. The van der Waals surface area contributed by atoms with Gasteiger partial charge in [-0.15, -0.1) is 0 Å². The summed E-state index contributed by atoms with van der Waals surface area (Å²) in [6, 6.07) is 15.1. The fraction of sp³-hybridized carbons (Fsp3) is 0.280. The number of rotatable bonds is 6. The average molecular weight is 447 g/mol. The van der Waals surface area contributed by atoms with Gasteiger partial charge in [0.25, 0.3) is 0 Å². The summed E-state index contributed by atoms with van der Waals surface area (Å²) < 4.78 is 20.6. The van der Waals surface area contributed by atoms with Crippen molar-refractivity contribution in [2.24, 2.45) is 0 Å². The summed E-state index contributed by atoms with van der Waals surface area (Å²) in [7, 11) is 0. The second-order valence-electron chi connectivity index (χ2n) is 8.23. The number of likely N-dealkylation sites (N-methyl/N-ethyl adjacent to an activating group) is 1. The highest BCUT2D eigenvalue weighted by Gasteiger charge is 2.16. The minimum absolute atomic E-state index is 0.124. The number of aromatic amines is 1. The van der Waals surface area contributed by atoms with Gasteiger partial charge >= 0.3 is 0 Å². The van der Waals surface area contributed by atoms with Crippen LogP contribution >= 0.6 is 0 Å². The number of aromatic nitrogens is 3. The van der Waals surface area contributed by atoms with Gasteiger partial charge in [0.15, 0.2) is 11.6 Å². The van der Waals surface area contributed by atoms with Crippen molar-refractivity contribution in [3.05, 3.63) is 66.4 Å². The Hall–Kier alpha value is -3.65. The number of H-pyrrole nitrogens is 1. The monoisotopic (exact) mass is 446 g/mol. The maximum absolute atomic E-state index is 14.8. The van der Waals surface area contributed by atoms with E-state index in [1.807, 2.05) is 19.1 Å². The van der Waals surface area contributed by atoms with Gasteiger partial charge in [-0.2, -0.15) is 0 Å². The van der Waals surface area contributed by atoms with E-state index in [-0.39, 0.29) is 11.6 Å². The quantitative estimate of drug-likeness (QED) is 0.430. The van der Waals surface area contributed by atoms with Crippen LogP contribution in [0.3, 0.4) is 0 Å². The molecule has 2 N–H and O–H groups in total. The Morgan fingerprint density at radius 3 is 2.58 bits per heavy atom. The normalized spacial score (nSPS) is 14.6. The Bertz CT molecular complexity index is 1250. The van der Waals surface area contributed by atoms with E-state index in [1.54, 1.807) is 24.3 Å². The highest BCUT2D eigenvalue weighted by atomic mass is 19.1. The molecule has 0 atom stereocenters. The zero-order chi connectivity index (χ0) is 22.8. The topological polar surface area (TPSA) is 69.3 Å². The summed E-state index contributed by atoms with van der Waals surface area (Å²) in [4.78, 5) is 16.4. The van der Waals surface area contributed by atoms with Gasteiger partial charge in [-0.25, -0.2) is 14.4 Å². The number of ether oxygens (including phenoxy) is 1. The summed E-state index contributed by atoms with van der Waals surface area (Å²) in [5.41, 5.74) is 3.75. The standard InChI is InChI=1S/C25H27FN6O/c1-3-31-10-12-32(13-11-31)19-6-4-18(5-7-19)30-23-15-24(28-16-27-23)33-22-9-8-21-20(25(22)26)14-17(2)29-21/h4-9,14-16,29H,3,10-13H2,1-2H3,(H,27,28,30). The molecule has 1 aliphatic rings. The van der Waals surface area contributed by atoms with Crippen molar-refractivity contribution in [2.45, 2.75) is 13.8 Å². The molecule has 0 bridgehead atoms. The lowest BCUT2D eigenvalue weighted by Gasteiger charge is -2.35. The number of hydrogen-bond acceptors (Lipinski definition) is 6. The first kappa shape index (κ1) is 21.2. The first-order chi connectivity index (χ1) is 16.1. The van der Waals surface area contributed by atoms with E-state index >= 15 is 0 Å². The van der Waals surface area contributed by atoms with Crippen molar-refractivity contribution >= 4 is 28.1 Å². The van der Waals surface area contributed by atoms with Crippen LogP contribution in [-0.2, 0) is 0 Å². The molecule has 0 unspecified atom stereocenters. The van der Waals surface area contributed by atoms with E-state index in [2.05, 4.69) is 49.1 Å². The van der Waals surface area contributed by atoms with Gasteiger partial charge in [-0.3, -0.25) is 0 Å². The molecule has 2 aromatic heterocycles. The second kappa shape index (κ2) is 9.07. The van der Waals surface area contributed by atoms with Crippen LogP contribution in [0.2, 0.25) is 0 Å². The molecular weight excluding hydrogens is 419 g/mol. The van der Waals surface area contributed by atoms with E-state index in [0.29, 0.717) is 11.2 Å². The number of piperazine rings is 1. The molecule has 1 saturated heterocycles. The van der Waals surface area contributed by atoms with Gasteiger partial charge in [-0.05, 0) is 55.9 Å². The first-order valence-electron chi connectivity index (χ1n) is 11.2. The molecule has 7 nitrogen and oxygen atoms in total. The molecule has 0 saturated carbocycles. The number of halogens is 1. The fourth-order valence-electron chi connectivity index (χ4n) is 4.17. The molecule has 5 rings (SSSR count). The number of nitrogens with zero attached hydrogens (tertiary/aromatic N) is 4. The SMILES string of the molecule is CCN1CCN(c2ccc(Nc3cc(Oc4ccc5[nH]c(C)cc5c4F)ncn3)cc2)CC1. The van der Waals surface area contributed by atoms with E-state index in [0.717, 1.165) is 49.6 Å². The van der Waals surface area contributed by atoms with Crippen LogP contribution in [0.4, 0.5) is 21.6 Å². The van der Waals surface area contributed by atoms with Crippen molar-refractivity contribution in [3.8, 4) is 11.6 Å². The second-order valence-corrected chi connectivity index (χ2v) is 8.23. The third-order valence-corrected chi connectivity index (χ3v) is 6.02. The van der Waals surface area contributed by atoms with Gasteiger partial charge in [0.2, 0.25) is 5.88 Å². The molecule has 0 amide bonds. The summed E-state index contributed by atoms with van der Waals surface area (Å²) in [5, 5.41) is 3.76. The molecular formula is C25H27FN6O. The van der Waals surface area contributed by atoms with Gasteiger partial charge in [-0.1, -0.05) is 6.92 Å². The van der Waals surface area contributed by atoms with Crippen LogP contribution < -0.4 is 15.0 Å². The number of hydrogen-bond donors (Lipinski definition) is 2. The summed E-state index contributed by atoms with van der Waals surface area (Å²) >= 11 is 0. The molecule has 1 fully saturated rings. The number of nitrogens with one attached hydrogen (secondary N) is 2. The Balaban J connectivity index is 1.27. The Kier molecular flexibility index (Phi) is 5.83. The molecule has 170 valence electrons. The predicted molar refractivity (Wildman–Crippen MR) is 129 cm³/mol. The number of anilines is 3. The van der Waals surface area contributed by atoms with Gasteiger partial charge in [0.1, 0.15) is 12.1 Å². The molecule has 4 aromatic rings. The summed E-state index contributed by atoms with van der Waals surface area (Å²) in [5.74, 6) is 0.547. The smallest absolute Gasteiger partial charge is 0.224 e. The largest absolute Gasteiger partial charge is 0.436 e. The van der Waals surface area contributed by atoms with Gasteiger partial charge < -0.3 is 24.8 Å². The Labute approximate surface area is 192 Å². The molecule has 3 heterocycles. The van der Waals surface area contributed by atoms with E-state index < -0.39 is 5.82 Å². The summed E-state index contributed by atoms with van der Waals surface area (Å²) in [6.07, 6.45) is 1.40. The minimum atomic E-state index is -0.416. The van der Waals surface area contributed by atoms with Crippen LogP contribution in [0.25, 0.3) is 10.9 Å². The average Bonchev–Trinajstić information content (AvgIpc) is 3.23. The maximum atomic E-state index is 14.8. The third kappa shape index (κ3) is 4.61. The lowest BCUT2D eigenvalue weighted by Crippen LogP contribution is -2.46. The zero-order valence-corrected chi connectivity index (χ0v) is 18.8. The molecule has 33 heavy (non-hydrogen) atoms. The number of aryl methyl sites for hydroxylation is 1. The van der Waals surface area contributed by atoms with Crippen LogP contribution in [0.15, 0.2) is 54.9 Å². The highest BCUT2D eigenvalue weighted by Crippen LogP contribution is 2.30. The van der Waals surface area contributed by atoms with Gasteiger partial charge in [0.05, 0.1) is 0 Å². The van der Waals surface area contributed by atoms with Crippen LogP contribution in [-0.4, -0.2) is 52.6 Å². The van der Waals surface area contributed by atoms with E-state index in [1.165, 1.54) is 12.0 Å². The van der Waals surface area contributed by atoms with Crippen LogP contribution in [0, 0.1) is 12.7 Å². The van der Waals surface area contributed by atoms with Crippen molar-refractivity contribution in [1.82, 2.24) is 19.9 Å². The molecule has 0 aliphatic carbocycles. The third-order valence-electron chi connectivity index (χ3n) is 6.02. The molecule has 0 spiro atoms. The summed E-state index contributed by atoms with van der Waals surface area (Å²) in [6.45, 7) is 9.47. The molecule has 8 heteroatoms. The van der Waals surface area contributed by atoms with Crippen LogP contribution in [0.5, 0.6) is 11.6 Å². The Morgan fingerprint density at radius 2 is 1.82 bits per heavy atom. The first-order valence-corrected chi connectivity index (χ1v) is 11.2. The molecule has 0 radical (unpaired) electrons. The van der Waals surface area contributed by atoms with E-state index in [4.69, 9.17) is 4.74 Å². The van der Waals surface area contributed by atoms with Crippen molar-refractivity contribution < 1.29 is 9.13 Å². The van der Waals surface area contributed by atoms with Crippen molar-refractivity contribution in [1.29, 1.82) is 0 Å². The Morgan fingerprint density at radius 1 is 1.03 bits per heavy atom. The fourth-order valence-corrected chi connectivity index (χ4v) is 4.17. The van der Waals surface area contributed by atoms with Crippen molar-refractivity contribution in [3.63, 3.8) is 0 Å². The van der Waals surface area contributed by atoms with Crippen LogP contribution in [0.1, 0.15) is 12.6 Å². The maximum Gasteiger partial charge on any atom is 0.224 e. The highest BCUT2D eigenvalue weighted by molar-refractivity contribution is 5.82. The van der Waals surface area contributed by atoms with Gasteiger partial charge in [0, 0.05) is 60.2 Å². The van der Waals surface area contributed by atoms with E-state index in [9.17, 15) is 4.39 Å².